The molecule has 32 heavy (non-hydrogen) atoms. The van der Waals surface area contributed by atoms with Crippen molar-refractivity contribution in [3.63, 3.8) is 0 Å². The van der Waals surface area contributed by atoms with E-state index >= 15 is 0 Å². The third-order valence-corrected chi connectivity index (χ3v) is 4.67. The molecule has 0 spiro atoms. The number of esters is 1. The number of hydrogen-bond donors (Lipinski definition) is 1. The normalized spacial score (nSPS) is 10.9. The Kier molecular flexibility index (Phi) is 6.79. The highest BCUT2D eigenvalue weighted by molar-refractivity contribution is 6.02. The Labute approximate surface area is 182 Å². The highest BCUT2D eigenvalue weighted by Gasteiger charge is 2.22. The minimum Gasteiger partial charge on any atom is -0.454 e. The molecule has 1 heterocycles. The molecule has 0 atom stereocenters. The van der Waals surface area contributed by atoms with Crippen molar-refractivity contribution >= 4 is 23.6 Å². The first-order valence-corrected chi connectivity index (χ1v) is 9.54. The van der Waals surface area contributed by atoms with E-state index in [9.17, 15) is 23.6 Å². The van der Waals surface area contributed by atoms with Crippen molar-refractivity contribution in [2.45, 2.75) is 6.54 Å². The van der Waals surface area contributed by atoms with E-state index in [0.29, 0.717) is 5.56 Å². The van der Waals surface area contributed by atoms with Crippen molar-refractivity contribution in [2.24, 2.45) is 7.05 Å². The summed E-state index contributed by atoms with van der Waals surface area (Å²) in [4.78, 5) is 49.5. The number of rotatable bonds is 7. The molecular weight excluding hydrogens is 417 g/mol. The van der Waals surface area contributed by atoms with Crippen molar-refractivity contribution in [3.05, 3.63) is 104 Å². The van der Waals surface area contributed by atoms with Gasteiger partial charge in [0.1, 0.15) is 17.2 Å². The number of nitrogens with zero attached hydrogens (tertiary/aromatic N) is 2. The summed E-state index contributed by atoms with van der Waals surface area (Å²) >= 11 is 0. The molecule has 0 aliphatic rings. The molecule has 0 aliphatic carbocycles. The Hall–Kier alpha value is -4.27. The highest BCUT2D eigenvalue weighted by atomic mass is 19.1. The molecule has 0 aliphatic heterocycles. The van der Waals surface area contributed by atoms with Crippen LogP contribution >= 0.6 is 0 Å². The molecule has 3 rings (SSSR count). The molecule has 3 aromatic rings. The Bertz CT molecular complexity index is 1290. The number of ether oxygens (including phenoxy) is 1. The van der Waals surface area contributed by atoms with Gasteiger partial charge in [-0.25, -0.2) is 14.0 Å². The third-order valence-electron chi connectivity index (χ3n) is 4.67. The first-order valence-electron chi connectivity index (χ1n) is 9.54. The average molecular weight is 437 g/mol. The van der Waals surface area contributed by atoms with Gasteiger partial charge in [-0.3, -0.25) is 18.7 Å². The van der Waals surface area contributed by atoms with E-state index in [0.717, 1.165) is 20.8 Å². The van der Waals surface area contributed by atoms with Crippen LogP contribution in [0.5, 0.6) is 0 Å². The molecular formula is C23H20FN3O5. The number of carbonyl (C=O) groups is 2. The molecule has 0 amide bonds. The Morgan fingerprint density at radius 1 is 1.06 bits per heavy atom. The van der Waals surface area contributed by atoms with Crippen LogP contribution in [0.1, 0.15) is 21.5 Å². The van der Waals surface area contributed by atoms with Crippen LogP contribution in [0, 0.1) is 5.82 Å². The lowest BCUT2D eigenvalue weighted by Gasteiger charge is -2.14. The van der Waals surface area contributed by atoms with Crippen LogP contribution in [0.3, 0.4) is 0 Å². The third kappa shape index (κ3) is 5.07. The van der Waals surface area contributed by atoms with Gasteiger partial charge in [-0.15, -0.1) is 0 Å². The van der Waals surface area contributed by atoms with Gasteiger partial charge in [0.2, 0.25) is 5.78 Å². The standard InChI is InChI=1S/C23H20FN3O5/c1-26-22(30)20(21(25)27(23(26)31)13-16-5-3-2-4-6-16)18(28)14-32-19(29)12-9-15-7-10-17(24)11-8-15/h2-12H,13-14,25H2,1H3/b12-9+. The molecule has 9 heteroatoms. The molecule has 0 bridgehead atoms. The predicted octanol–water partition coefficient (Wildman–Crippen LogP) is 1.76. The summed E-state index contributed by atoms with van der Waals surface area (Å²) in [5.74, 6) is -2.39. The molecule has 164 valence electrons. The molecule has 2 aromatic carbocycles. The zero-order valence-corrected chi connectivity index (χ0v) is 17.2. The number of nitrogens with two attached hydrogens (primary N) is 1. The van der Waals surface area contributed by atoms with Crippen molar-refractivity contribution < 1.29 is 18.7 Å². The number of halogens is 1. The van der Waals surface area contributed by atoms with E-state index in [2.05, 4.69) is 0 Å². The van der Waals surface area contributed by atoms with E-state index in [1.54, 1.807) is 24.3 Å². The second-order valence-corrected chi connectivity index (χ2v) is 6.89. The number of anilines is 1. The zero-order chi connectivity index (χ0) is 23.3. The number of ketones is 1. The van der Waals surface area contributed by atoms with Gasteiger partial charge in [0.25, 0.3) is 5.56 Å². The minimum absolute atomic E-state index is 0.0557. The van der Waals surface area contributed by atoms with Crippen LogP contribution < -0.4 is 17.0 Å². The summed E-state index contributed by atoms with van der Waals surface area (Å²) in [7, 11) is 1.24. The van der Waals surface area contributed by atoms with E-state index in [-0.39, 0.29) is 12.4 Å². The summed E-state index contributed by atoms with van der Waals surface area (Å²) in [5.41, 5.74) is 5.32. The quantitative estimate of drug-likeness (QED) is 0.342. The smallest absolute Gasteiger partial charge is 0.332 e. The van der Waals surface area contributed by atoms with E-state index in [1.807, 2.05) is 6.07 Å². The van der Waals surface area contributed by atoms with Gasteiger partial charge in [-0.2, -0.15) is 0 Å². The van der Waals surface area contributed by atoms with Gasteiger partial charge in [0.05, 0.1) is 6.54 Å². The van der Waals surface area contributed by atoms with Crippen LogP contribution in [0.25, 0.3) is 6.08 Å². The molecule has 2 N–H and O–H groups in total. The van der Waals surface area contributed by atoms with Crippen molar-refractivity contribution in [1.82, 2.24) is 9.13 Å². The number of Topliss-reactive ketones (excluding diaryl/α,β-unsaturated/α-hetero) is 1. The lowest BCUT2D eigenvalue weighted by Crippen LogP contribution is -2.43. The van der Waals surface area contributed by atoms with E-state index < -0.39 is 41.0 Å². The van der Waals surface area contributed by atoms with Gasteiger partial charge in [-0.1, -0.05) is 42.5 Å². The monoisotopic (exact) mass is 437 g/mol. The fourth-order valence-electron chi connectivity index (χ4n) is 2.96. The predicted molar refractivity (Wildman–Crippen MR) is 117 cm³/mol. The van der Waals surface area contributed by atoms with E-state index in [1.165, 1.54) is 37.4 Å². The summed E-state index contributed by atoms with van der Waals surface area (Å²) in [6.07, 6.45) is 2.46. The molecule has 0 saturated carbocycles. The van der Waals surface area contributed by atoms with Gasteiger partial charge in [0.15, 0.2) is 6.61 Å². The van der Waals surface area contributed by atoms with E-state index in [4.69, 9.17) is 10.5 Å². The largest absolute Gasteiger partial charge is 0.454 e. The number of hydrogen-bond acceptors (Lipinski definition) is 6. The molecule has 0 unspecified atom stereocenters. The number of benzene rings is 2. The van der Waals surface area contributed by atoms with Crippen molar-refractivity contribution in [3.8, 4) is 0 Å². The van der Waals surface area contributed by atoms with Gasteiger partial charge in [0, 0.05) is 13.1 Å². The number of aromatic nitrogens is 2. The highest BCUT2D eigenvalue weighted by Crippen LogP contribution is 2.10. The van der Waals surface area contributed by atoms with Gasteiger partial charge < -0.3 is 10.5 Å². The molecule has 1 aromatic heterocycles. The lowest BCUT2D eigenvalue weighted by atomic mass is 10.2. The first kappa shape index (κ1) is 22.4. The minimum atomic E-state index is -0.875. The Balaban J connectivity index is 1.78. The average Bonchev–Trinajstić information content (AvgIpc) is 2.79. The summed E-state index contributed by atoms with van der Waals surface area (Å²) in [6.45, 7) is -0.685. The first-order chi connectivity index (χ1) is 15.3. The second kappa shape index (κ2) is 9.69. The zero-order valence-electron chi connectivity index (χ0n) is 17.2. The maximum Gasteiger partial charge on any atom is 0.332 e. The van der Waals surface area contributed by atoms with Crippen LogP contribution in [0.2, 0.25) is 0 Å². The Morgan fingerprint density at radius 3 is 2.38 bits per heavy atom. The topological polar surface area (TPSA) is 113 Å². The Morgan fingerprint density at radius 2 is 1.72 bits per heavy atom. The molecule has 0 radical (unpaired) electrons. The summed E-state index contributed by atoms with van der Waals surface area (Å²) in [5, 5.41) is 0. The molecule has 0 saturated heterocycles. The summed E-state index contributed by atoms with van der Waals surface area (Å²) < 4.78 is 19.7. The van der Waals surface area contributed by atoms with Crippen LogP contribution in [0.15, 0.2) is 70.3 Å². The molecule has 0 fully saturated rings. The van der Waals surface area contributed by atoms with Crippen LogP contribution in [-0.4, -0.2) is 27.5 Å². The maximum absolute atomic E-state index is 12.9. The number of carbonyl (C=O) groups excluding carboxylic acids is 2. The number of nitrogen functional groups attached to an aromatic ring is 1. The van der Waals surface area contributed by atoms with Crippen molar-refractivity contribution in [2.75, 3.05) is 12.3 Å². The SMILES string of the molecule is Cn1c(=O)c(C(=O)COC(=O)/C=C/c2ccc(F)cc2)c(N)n(Cc2ccccc2)c1=O. The van der Waals surface area contributed by atoms with Gasteiger partial charge >= 0.3 is 11.7 Å². The lowest BCUT2D eigenvalue weighted by molar-refractivity contribution is -0.136. The van der Waals surface area contributed by atoms with Crippen LogP contribution in [0.4, 0.5) is 10.2 Å². The van der Waals surface area contributed by atoms with Gasteiger partial charge in [-0.05, 0) is 29.3 Å². The van der Waals surface area contributed by atoms with Crippen molar-refractivity contribution in [1.29, 1.82) is 0 Å². The molecule has 8 nitrogen and oxygen atoms in total. The summed E-state index contributed by atoms with van der Waals surface area (Å²) in [6, 6.07) is 14.3. The maximum atomic E-state index is 12.9. The fourth-order valence-corrected chi connectivity index (χ4v) is 2.96. The second-order valence-electron chi connectivity index (χ2n) is 6.89. The van der Waals surface area contributed by atoms with Crippen LogP contribution in [-0.2, 0) is 23.1 Å². The fraction of sp³-hybridized carbons (Fsp3) is 0.130.